The molecule has 0 aliphatic carbocycles. The topological polar surface area (TPSA) is 57.2 Å². The van der Waals surface area contributed by atoms with Crippen LogP contribution in [0.1, 0.15) is 27.7 Å². The van der Waals surface area contributed by atoms with E-state index in [1.54, 1.807) is 26.8 Å². The van der Waals surface area contributed by atoms with E-state index in [4.69, 9.17) is 24.1 Å². The number of aliphatic hydroxyl groups excluding tert-OH is 1. The molecule has 0 saturated heterocycles. The van der Waals surface area contributed by atoms with E-state index in [-0.39, 0.29) is 6.29 Å². The van der Waals surface area contributed by atoms with Crippen LogP contribution in [0.2, 0.25) is 0 Å². The lowest BCUT2D eigenvalue weighted by molar-refractivity contribution is -0.299. The zero-order chi connectivity index (χ0) is 12.6. The Bertz CT molecular complexity index is 183. The van der Waals surface area contributed by atoms with Gasteiger partial charge in [-0.15, -0.1) is 6.58 Å². The van der Waals surface area contributed by atoms with E-state index in [2.05, 4.69) is 6.58 Å². The molecule has 5 nitrogen and oxygen atoms in total. The summed E-state index contributed by atoms with van der Waals surface area (Å²) in [5.74, 6) is 0. The van der Waals surface area contributed by atoms with Crippen molar-refractivity contribution in [2.75, 3.05) is 6.61 Å². The fourth-order valence-corrected chi connectivity index (χ4v) is 1.12. The fourth-order valence-electron chi connectivity index (χ4n) is 1.12. The summed E-state index contributed by atoms with van der Waals surface area (Å²) in [6, 6.07) is 0. The van der Waals surface area contributed by atoms with Gasteiger partial charge in [-0.1, -0.05) is 6.08 Å². The molecule has 96 valence electrons. The van der Waals surface area contributed by atoms with E-state index in [9.17, 15) is 0 Å². The van der Waals surface area contributed by atoms with Gasteiger partial charge < -0.3 is 24.1 Å². The van der Waals surface area contributed by atoms with E-state index in [1.807, 2.05) is 0 Å². The van der Waals surface area contributed by atoms with Crippen LogP contribution in [0.4, 0.5) is 0 Å². The third-order valence-electron chi connectivity index (χ3n) is 1.60. The summed E-state index contributed by atoms with van der Waals surface area (Å²) in [6.45, 7) is 10.7. The number of aliphatic hydroxyl groups is 1. The van der Waals surface area contributed by atoms with Crippen LogP contribution in [0.5, 0.6) is 0 Å². The quantitative estimate of drug-likeness (QED) is 0.485. The molecule has 0 radical (unpaired) electrons. The maximum Gasteiger partial charge on any atom is 0.161 e. The van der Waals surface area contributed by atoms with E-state index in [0.717, 1.165) is 0 Å². The van der Waals surface area contributed by atoms with Gasteiger partial charge in [0.25, 0.3) is 0 Å². The standard InChI is InChI=1S/C11H22O5/c1-6-7-13-9(3)15-11(5)16-10(4)14-8(2)12/h6,8-12H,1,7H2,2-5H3. The molecule has 0 fully saturated rings. The van der Waals surface area contributed by atoms with Crippen molar-refractivity contribution in [1.82, 2.24) is 0 Å². The lowest BCUT2D eigenvalue weighted by Gasteiger charge is -2.23. The van der Waals surface area contributed by atoms with E-state index < -0.39 is 18.9 Å². The van der Waals surface area contributed by atoms with Gasteiger partial charge in [0.1, 0.15) is 0 Å². The molecule has 4 atom stereocenters. The molecule has 0 aromatic heterocycles. The fraction of sp³-hybridized carbons (Fsp3) is 0.818. The Balaban J connectivity index is 3.70. The molecule has 0 aromatic carbocycles. The van der Waals surface area contributed by atoms with Crippen molar-refractivity contribution in [1.29, 1.82) is 0 Å². The summed E-state index contributed by atoms with van der Waals surface area (Å²) < 4.78 is 20.8. The van der Waals surface area contributed by atoms with Crippen molar-refractivity contribution in [2.45, 2.75) is 52.9 Å². The van der Waals surface area contributed by atoms with Crippen LogP contribution in [-0.2, 0) is 18.9 Å². The van der Waals surface area contributed by atoms with Crippen molar-refractivity contribution in [3.8, 4) is 0 Å². The van der Waals surface area contributed by atoms with Gasteiger partial charge in [-0.2, -0.15) is 0 Å². The molecule has 0 aromatic rings. The van der Waals surface area contributed by atoms with Crippen molar-refractivity contribution < 1.29 is 24.1 Å². The van der Waals surface area contributed by atoms with Crippen LogP contribution < -0.4 is 0 Å². The molecule has 0 rings (SSSR count). The molecule has 5 heteroatoms. The van der Waals surface area contributed by atoms with Gasteiger partial charge >= 0.3 is 0 Å². The minimum Gasteiger partial charge on any atom is -0.368 e. The lowest BCUT2D eigenvalue weighted by Crippen LogP contribution is -2.28. The molecule has 0 saturated carbocycles. The molecule has 0 bridgehead atoms. The number of ether oxygens (including phenoxy) is 4. The molecular weight excluding hydrogens is 212 g/mol. The second-order valence-electron chi connectivity index (χ2n) is 3.33. The summed E-state index contributed by atoms with van der Waals surface area (Å²) in [4.78, 5) is 0. The SMILES string of the molecule is C=CCOC(C)OC(C)OC(C)OC(C)O. The number of rotatable bonds is 9. The summed E-state index contributed by atoms with van der Waals surface area (Å²) in [5, 5.41) is 8.95. The predicted octanol–water partition coefficient (Wildman–Crippen LogP) is 1.62. The van der Waals surface area contributed by atoms with Gasteiger partial charge in [0.2, 0.25) is 0 Å². The predicted molar refractivity (Wildman–Crippen MR) is 59.5 cm³/mol. The summed E-state index contributed by atoms with van der Waals surface area (Å²) >= 11 is 0. The molecule has 1 N–H and O–H groups in total. The van der Waals surface area contributed by atoms with Crippen molar-refractivity contribution in [3.05, 3.63) is 12.7 Å². The molecular formula is C11H22O5. The Labute approximate surface area is 96.9 Å². The first-order valence-electron chi connectivity index (χ1n) is 5.32. The van der Waals surface area contributed by atoms with E-state index in [0.29, 0.717) is 6.61 Å². The first-order valence-corrected chi connectivity index (χ1v) is 5.32. The highest BCUT2D eigenvalue weighted by atomic mass is 16.8. The molecule has 16 heavy (non-hydrogen) atoms. The second-order valence-corrected chi connectivity index (χ2v) is 3.33. The minimum absolute atomic E-state index is 0.383. The largest absolute Gasteiger partial charge is 0.368 e. The van der Waals surface area contributed by atoms with E-state index in [1.165, 1.54) is 6.92 Å². The highest BCUT2D eigenvalue weighted by Crippen LogP contribution is 2.06. The normalized spacial score (nSPS) is 18.8. The highest BCUT2D eigenvalue weighted by molar-refractivity contribution is 4.63. The van der Waals surface area contributed by atoms with Gasteiger partial charge in [-0.25, -0.2) is 0 Å². The summed E-state index contributed by atoms with van der Waals surface area (Å²) in [6.07, 6.45) is -0.622. The Kier molecular flexibility index (Phi) is 8.42. The Morgan fingerprint density at radius 2 is 1.50 bits per heavy atom. The van der Waals surface area contributed by atoms with Crippen LogP contribution in [0, 0.1) is 0 Å². The smallest absolute Gasteiger partial charge is 0.161 e. The summed E-state index contributed by atoms with van der Waals surface area (Å²) in [7, 11) is 0. The van der Waals surface area contributed by atoms with Crippen LogP contribution >= 0.6 is 0 Å². The molecule has 0 amide bonds. The van der Waals surface area contributed by atoms with Gasteiger partial charge in [-0.3, -0.25) is 0 Å². The van der Waals surface area contributed by atoms with Crippen LogP contribution in [0.15, 0.2) is 12.7 Å². The minimum atomic E-state index is -0.864. The molecule has 0 spiro atoms. The van der Waals surface area contributed by atoms with Gasteiger partial charge in [0.05, 0.1) is 6.61 Å². The third-order valence-corrected chi connectivity index (χ3v) is 1.60. The third kappa shape index (κ3) is 8.82. The Hall–Kier alpha value is -0.460. The lowest BCUT2D eigenvalue weighted by atomic mass is 10.6. The molecule has 4 unspecified atom stereocenters. The molecule has 0 aliphatic heterocycles. The van der Waals surface area contributed by atoms with Crippen molar-refractivity contribution in [2.24, 2.45) is 0 Å². The second kappa shape index (κ2) is 8.66. The maximum absolute atomic E-state index is 8.95. The van der Waals surface area contributed by atoms with E-state index >= 15 is 0 Å². The first kappa shape index (κ1) is 15.5. The number of hydrogen-bond donors (Lipinski definition) is 1. The van der Waals surface area contributed by atoms with Crippen LogP contribution in [-0.4, -0.2) is 36.9 Å². The summed E-state index contributed by atoms with van der Waals surface area (Å²) in [5.41, 5.74) is 0. The number of hydrogen-bond acceptors (Lipinski definition) is 5. The Morgan fingerprint density at radius 1 is 1.00 bits per heavy atom. The zero-order valence-electron chi connectivity index (χ0n) is 10.4. The van der Waals surface area contributed by atoms with Crippen molar-refractivity contribution >= 4 is 0 Å². The maximum atomic E-state index is 8.95. The van der Waals surface area contributed by atoms with Crippen molar-refractivity contribution in [3.63, 3.8) is 0 Å². The van der Waals surface area contributed by atoms with Crippen LogP contribution in [0.3, 0.4) is 0 Å². The van der Waals surface area contributed by atoms with Crippen LogP contribution in [0.25, 0.3) is 0 Å². The molecule has 0 aliphatic rings. The Morgan fingerprint density at radius 3 is 2.00 bits per heavy atom. The monoisotopic (exact) mass is 234 g/mol. The first-order chi connectivity index (χ1) is 7.45. The zero-order valence-corrected chi connectivity index (χ0v) is 10.4. The molecule has 0 heterocycles. The van der Waals surface area contributed by atoms with Gasteiger partial charge in [0, 0.05) is 0 Å². The van der Waals surface area contributed by atoms with Gasteiger partial charge in [-0.05, 0) is 27.7 Å². The average Bonchev–Trinajstić information content (AvgIpc) is 2.12. The average molecular weight is 234 g/mol. The van der Waals surface area contributed by atoms with Gasteiger partial charge in [0.15, 0.2) is 25.2 Å². The highest BCUT2D eigenvalue weighted by Gasteiger charge is 2.14.